The smallest absolute Gasteiger partial charge is 0.120 e. The molecule has 1 heterocycles. The van der Waals surface area contributed by atoms with Crippen molar-refractivity contribution in [1.82, 2.24) is 5.32 Å². The Morgan fingerprint density at radius 1 is 1.43 bits per heavy atom. The summed E-state index contributed by atoms with van der Waals surface area (Å²) >= 11 is 0. The molecule has 2 heteroatoms. The fourth-order valence-electron chi connectivity index (χ4n) is 2.21. The lowest BCUT2D eigenvalue weighted by atomic mass is 10.0. The standard InChI is InChI=1S/C12H19NO/c1-10-5-8-14-11(10)9-13-12(2)6-3-4-7-12/h5,8,13H,3-4,6-7,9H2,1-2H3. The largest absolute Gasteiger partial charge is 0.468 e. The highest BCUT2D eigenvalue weighted by molar-refractivity contribution is 5.14. The molecule has 14 heavy (non-hydrogen) atoms. The number of aryl methyl sites for hydroxylation is 1. The molecule has 78 valence electrons. The Kier molecular flexibility index (Phi) is 2.64. The van der Waals surface area contributed by atoms with Crippen molar-refractivity contribution in [2.75, 3.05) is 0 Å². The van der Waals surface area contributed by atoms with Crippen LogP contribution in [0.25, 0.3) is 0 Å². The van der Waals surface area contributed by atoms with Gasteiger partial charge < -0.3 is 9.73 Å². The van der Waals surface area contributed by atoms with Gasteiger partial charge in [0.05, 0.1) is 12.8 Å². The minimum atomic E-state index is 0.346. The van der Waals surface area contributed by atoms with Crippen LogP contribution in [0.2, 0.25) is 0 Å². The number of nitrogens with one attached hydrogen (secondary N) is 1. The monoisotopic (exact) mass is 193 g/mol. The van der Waals surface area contributed by atoms with E-state index in [2.05, 4.69) is 19.2 Å². The van der Waals surface area contributed by atoms with Crippen LogP contribution in [-0.4, -0.2) is 5.54 Å². The highest BCUT2D eigenvalue weighted by Gasteiger charge is 2.27. The average Bonchev–Trinajstić information content (AvgIpc) is 2.73. The van der Waals surface area contributed by atoms with Crippen molar-refractivity contribution in [1.29, 1.82) is 0 Å². The molecule has 0 radical (unpaired) electrons. The van der Waals surface area contributed by atoms with Crippen LogP contribution in [0.15, 0.2) is 16.7 Å². The van der Waals surface area contributed by atoms with Gasteiger partial charge >= 0.3 is 0 Å². The maximum atomic E-state index is 5.41. The predicted octanol–water partition coefficient (Wildman–Crippen LogP) is 3.01. The summed E-state index contributed by atoms with van der Waals surface area (Å²) in [5, 5.41) is 3.61. The third-order valence-corrected chi connectivity index (χ3v) is 3.35. The van der Waals surface area contributed by atoms with Crippen molar-refractivity contribution in [3.8, 4) is 0 Å². The van der Waals surface area contributed by atoms with Gasteiger partial charge in [-0.3, -0.25) is 0 Å². The molecule has 2 nitrogen and oxygen atoms in total. The fourth-order valence-corrected chi connectivity index (χ4v) is 2.21. The molecule has 0 atom stereocenters. The second-order valence-corrected chi connectivity index (χ2v) is 4.65. The number of furan rings is 1. The quantitative estimate of drug-likeness (QED) is 0.798. The van der Waals surface area contributed by atoms with Gasteiger partial charge in [0.15, 0.2) is 0 Å². The molecule has 1 saturated carbocycles. The van der Waals surface area contributed by atoms with E-state index in [0.29, 0.717) is 5.54 Å². The van der Waals surface area contributed by atoms with E-state index in [4.69, 9.17) is 4.42 Å². The molecule has 0 saturated heterocycles. The molecule has 0 bridgehead atoms. The van der Waals surface area contributed by atoms with Gasteiger partial charge in [-0.25, -0.2) is 0 Å². The van der Waals surface area contributed by atoms with Crippen molar-refractivity contribution in [2.45, 2.75) is 51.6 Å². The maximum Gasteiger partial charge on any atom is 0.120 e. The summed E-state index contributed by atoms with van der Waals surface area (Å²) in [7, 11) is 0. The lowest BCUT2D eigenvalue weighted by Gasteiger charge is -2.24. The van der Waals surface area contributed by atoms with Gasteiger partial charge in [-0.2, -0.15) is 0 Å². The first-order valence-corrected chi connectivity index (χ1v) is 5.48. The summed E-state index contributed by atoms with van der Waals surface area (Å²) in [5.41, 5.74) is 1.60. The van der Waals surface area contributed by atoms with Crippen LogP contribution in [0, 0.1) is 6.92 Å². The number of hydrogen-bond donors (Lipinski definition) is 1. The van der Waals surface area contributed by atoms with E-state index < -0.39 is 0 Å². The van der Waals surface area contributed by atoms with Crippen LogP contribution in [-0.2, 0) is 6.54 Å². The third-order valence-electron chi connectivity index (χ3n) is 3.35. The first kappa shape index (κ1) is 9.78. The third kappa shape index (κ3) is 2.01. The van der Waals surface area contributed by atoms with E-state index in [9.17, 15) is 0 Å². The summed E-state index contributed by atoms with van der Waals surface area (Å²) in [5.74, 6) is 1.08. The molecule has 0 aliphatic heterocycles. The lowest BCUT2D eigenvalue weighted by molar-refractivity contribution is 0.341. The summed E-state index contributed by atoms with van der Waals surface area (Å²) < 4.78 is 5.41. The van der Waals surface area contributed by atoms with Crippen molar-refractivity contribution in [2.24, 2.45) is 0 Å². The molecule has 0 amide bonds. The molecular weight excluding hydrogens is 174 g/mol. The Morgan fingerprint density at radius 3 is 2.71 bits per heavy atom. The Labute approximate surface area is 85.7 Å². The number of hydrogen-bond acceptors (Lipinski definition) is 2. The molecular formula is C12H19NO. The van der Waals surface area contributed by atoms with Crippen molar-refractivity contribution >= 4 is 0 Å². The van der Waals surface area contributed by atoms with Crippen molar-refractivity contribution < 1.29 is 4.42 Å². The molecule has 1 aromatic heterocycles. The molecule has 0 unspecified atom stereocenters. The van der Waals surface area contributed by atoms with E-state index >= 15 is 0 Å². The summed E-state index contributed by atoms with van der Waals surface area (Å²) in [6.07, 6.45) is 7.09. The first-order chi connectivity index (χ1) is 6.70. The molecule has 0 spiro atoms. The van der Waals surface area contributed by atoms with Gasteiger partial charge in [0.1, 0.15) is 5.76 Å². The zero-order chi connectivity index (χ0) is 10.0. The fraction of sp³-hybridized carbons (Fsp3) is 0.667. The number of rotatable bonds is 3. The molecule has 1 aromatic rings. The van der Waals surface area contributed by atoms with Gasteiger partial charge in [-0.15, -0.1) is 0 Å². The summed E-state index contributed by atoms with van der Waals surface area (Å²) in [4.78, 5) is 0. The van der Waals surface area contributed by atoms with Gasteiger partial charge in [-0.05, 0) is 38.3 Å². The van der Waals surface area contributed by atoms with Crippen molar-refractivity contribution in [3.05, 3.63) is 23.7 Å². The first-order valence-electron chi connectivity index (χ1n) is 5.48. The molecule has 1 N–H and O–H groups in total. The second kappa shape index (κ2) is 3.77. The van der Waals surface area contributed by atoms with Crippen LogP contribution in [0.1, 0.15) is 43.9 Å². The topological polar surface area (TPSA) is 25.2 Å². The highest BCUT2D eigenvalue weighted by atomic mass is 16.3. The van der Waals surface area contributed by atoms with E-state index in [0.717, 1.165) is 12.3 Å². The van der Waals surface area contributed by atoms with Gasteiger partial charge in [0.25, 0.3) is 0 Å². The van der Waals surface area contributed by atoms with Crippen LogP contribution >= 0.6 is 0 Å². The van der Waals surface area contributed by atoms with E-state index in [1.807, 2.05) is 6.07 Å². The Morgan fingerprint density at radius 2 is 2.14 bits per heavy atom. The maximum absolute atomic E-state index is 5.41. The van der Waals surface area contributed by atoms with Gasteiger partial charge in [0.2, 0.25) is 0 Å². The molecule has 2 rings (SSSR count). The second-order valence-electron chi connectivity index (χ2n) is 4.65. The van der Waals surface area contributed by atoms with Gasteiger partial charge in [0, 0.05) is 5.54 Å². The lowest BCUT2D eigenvalue weighted by Crippen LogP contribution is -2.38. The molecule has 1 aliphatic carbocycles. The van der Waals surface area contributed by atoms with Crippen LogP contribution in [0.5, 0.6) is 0 Å². The van der Waals surface area contributed by atoms with Gasteiger partial charge in [-0.1, -0.05) is 12.8 Å². The summed E-state index contributed by atoms with van der Waals surface area (Å²) in [6, 6.07) is 2.02. The van der Waals surface area contributed by atoms with E-state index in [1.165, 1.54) is 31.2 Å². The van der Waals surface area contributed by atoms with E-state index in [1.54, 1.807) is 6.26 Å². The minimum absolute atomic E-state index is 0.346. The van der Waals surface area contributed by atoms with Crippen LogP contribution in [0.3, 0.4) is 0 Å². The van der Waals surface area contributed by atoms with Crippen LogP contribution < -0.4 is 5.32 Å². The predicted molar refractivity (Wildman–Crippen MR) is 57.2 cm³/mol. The average molecular weight is 193 g/mol. The minimum Gasteiger partial charge on any atom is -0.468 e. The molecule has 0 aromatic carbocycles. The normalized spacial score (nSPS) is 20.1. The Hall–Kier alpha value is -0.760. The highest BCUT2D eigenvalue weighted by Crippen LogP contribution is 2.29. The zero-order valence-electron chi connectivity index (χ0n) is 9.10. The summed E-state index contributed by atoms with van der Waals surface area (Å²) in [6.45, 7) is 5.28. The van der Waals surface area contributed by atoms with Crippen LogP contribution in [0.4, 0.5) is 0 Å². The van der Waals surface area contributed by atoms with E-state index in [-0.39, 0.29) is 0 Å². The Bertz CT molecular complexity index is 297. The van der Waals surface area contributed by atoms with Crippen molar-refractivity contribution in [3.63, 3.8) is 0 Å². The molecule has 1 fully saturated rings. The zero-order valence-corrected chi connectivity index (χ0v) is 9.10. The molecule has 1 aliphatic rings. The SMILES string of the molecule is Cc1ccoc1CNC1(C)CCCC1. The Balaban J connectivity index is 1.91.